The summed E-state index contributed by atoms with van der Waals surface area (Å²) in [4.78, 5) is 11.1. The number of primary amides is 1. The summed E-state index contributed by atoms with van der Waals surface area (Å²) in [7, 11) is 0. The highest BCUT2D eigenvalue weighted by atomic mass is 16.1. The number of hydrogen-bond acceptors (Lipinski definition) is 2. The molecular weight excluding hydrogens is 296 g/mol. The Morgan fingerprint density at radius 2 is 1.71 bits per heavy atom. The van der Waals surface area contributed by atoms with Gasteiger partial charge in [0.05, 0.1) is 0 Å². The summed E-state index contributed by atoms with van der Waals surface area (Å²) in [6.45, 7) is 7.60. The highest BCUT2D eigenvalue weighted by Crippen LogP contribution is 2.41. The molecule has 1 amide bonds. The molecule has 2 aromatic carbocycles. The van der Waals surface area contributed by atoms with E-state index in [1.807, 2.05) is 24.3 Å². The number of amides is 1. The van der Waals surface area contributed by atoms with Crippen molar-refractivity contribution >= 4 is 5.91 Å². The van der Waals surface area contributed by atoms with E-state index in [4.69, 9.17) is 5.73 Å². The van der Waals surface area contributed by atoms with Gasteiger partial charge in [0.2, 0.25) is 5.91 Å². The molecule has 1 saturated carbocycles. The molecular formula is C21H26N2O. The fourth-order valence-electron chi connectivity index (χ4n) is 3.06. The van der Waals surface area contributed by atoms with Crippen LogP contribution in [0.4, 0.5) is 0 Å². The Kier molecular flexibility index (Phi) is 4.46. The van der Waals surface area contributed by atoms with Crippen molar-refractivity contribution in [1.82, 2.24) is 5.32 Å². The lowest BCUT2D eigenvalue weighted by atomic mass is 9.87. The molecule has 24 heavy (non-hydrogen) atoms. The molecule has 2 unspecified atom stereocenters. The lowest BCUT2D eigenvalue weighted by Crippen LogP contribution is -2.17. The molecule has 0 spiro atoms. The zero-order valence-corrected chi connectivity index (χ0v) is 14.7. The fraction of sp³-hybridized carbons (Fsp3) is 0.381. The topological polar surface area (TPSA) is 55.1 Å². The molecule has 1 aliphatic carbocycles. The Bertz CT molecular complexity index is 711. The number of hydrogen-bond donors (Lipinski definition) is 2. The van der Waals surface area contributed by atoms with Crippen molar-refractivity contribution < 1.29 is 4.79 Å². The number of nitrogens with one attached hydrogen (secondary N) is 1. The van der Waals surface area contributed by atoms with Crippen LogP contribution in [0.15, 0.2) is 48.5 Å². The summed E-state index contributed by atoms with van der Waals surface area (Å²) in [5, 5.41) is 3.63. The highest BCUT2D eigenvalue weighted by Gasteiger charge is 2.37. The maximum atomic E-state index is 11.1. The van der Waals surface area contributed by atoms with Crippen molar-refractivity contribution in [1.29, 1.82) is 0 Å². The summed E-state index contributed by atoms with van der Waals surface area (Å²) >= 11 is 0. The molecule has 3 rings (SSSR count). The Morgan fingerprint density at radius 1 is 1.08 bits per heavy atom. The van der Waals surface area contributed by atoms with Gasteiger partial charge in [-0.2, -0.15) is 0 Å². The predicted octanol–water partition coefficient (Wildman–Crippen LogP) is 3.73. The number of rotatable bonds is 5. The Balaban J connectivity index is 1.53. The molecule has 0 heterocycles. The van der Waals surface area contributed by atoms with Gasteiger partial charge in [0.1, 0.15) is 0 Å². The average Bonchev–Trinajstić information content (AvgIpc) is 3.32. The van der Waals surface area contributed by atoms with Crippen molar-refractivity contribution in [2.75, 3.05) is 0 Å². The summed E-state index contributed by atoms with van der Waals surface area (Å²) in [6, 6.07) is 17.1. The Hall–Kier alpha value is -2.13. The number of carbonyl (C=O) groups excluding carboxylic acids is 1. The molecule has 126 valence electrons. The lowest BCUT2D eigenvalue weighted by Gasteiger charge is -2.19. The molecule has 1 aliphatic rings. The van der Waals surface area contributed by atoms with Gasteiger partial charge in [-0.05, 0) is 40.7 Å². The van der Waals surface area contributed by atoms with E-state index in [0.29, 0.717) is 17.5 Å². The second kappa shape index (κ2) is 6.40. The highest BCUT2D eigenvalue weighted by molar-refractivity contribution is 5.92. The van der Waals surface area contributed by atoms with Gasteiger partial charge >= 0.3 is 0 Å². The molecule has 2 aromatic rings. The SMILES string of the molecule is CC(C)(C)c1ccc(CNC2CC2c2ccc(C(N)=O)cc2)cc1. The first kappa shape index (κ1) is 16.7. The number of nitrogens with two attached hydrogens (primary N) is 1. The van der Waals surface area contributed by atoms with Crippen molar-refractivity contribution in [2.24, 2.45) is 5.73 Å². The minimum Gasteiger partial charge on any atom is -0.366 e. The molecule has 3 heteroatoms. The second-order valence-electron chi connectivity index (χ2n) is 7.76. The molecule has 0 saturated heterocycles. The van der Waals surface area contributed by atoms with Gasteiger partial charge in [-0.25, -0.2) is 0 Å². The summed E-state index contributed by atoms with van der Waals surface area (Å²) in [6.07, 6.45) is 1.15. The van der Waals surface area contributed by atoms with E-state index in [-0.39, 0.29) is 11.3 Å². The first-order valence-electron chi connectivity index (χ1n) is 8.57. The van der Waals surface area contributed by atoms with Crippen molar-refractivity contribution in [2.45, 2.75) is 51.1 Å². The van der Waals surface area contributed by atoms with Crippen LogP contribution in [-0.2, 0) is 12.0 Å². The monoisotopic (exact) mass is 322 g/mol. The van der Waals surface area contributed by atoms with Crippen LogP contribution < -0.4 is 11.1 Å². The Labute approximate surface area is 144 Å². The zero-order chi connectivity index (χ0) is 17.3. The molecule has 1 fully saturated rings. The van der Waals surface area contributed by atoms with Crippen LogP contribution in [0.5, 0.6) is 0 Å². The van der Waals surface area contributed by atoms with Gasteiger partial charge in [-0.1, -0.05) is 57.2 Å². The van der Waals surface area contributed by atoms with E-state index in [0.717, 1.165) is 13.0 Å². The maximum absolute atomic E-state index is 11.1. The van der Waals surface area contributed by atoms with Crippen molar-refractivity contribution in [3.63, 3.8) is 0 Å². The van der Waals surface area contributed by atoms with E-state index in [1.165, 1.54) is 16.7 Å². The average molecular weight is 322 g/mol. The van der Waals surface area contributed by atoms with E-state index in [9.17, 15) is 4.79 Å². The fourth-order valence-corrected chi connectivity index (χ4v) is 3.06. The third-order valence-corrected chi connectivity index (χ3v) is 4.80. The molecule has 0 radical (unpaired) electrons. The van der Waals surface area contributed by atoms with Gasteiger partial charge in [-0.15, -0.1) is 0 Å². The summed E-state index contributed by atoms with van der Waals surface area (Å²) < 4.78 is 0. The summed E-state index contributed by atoms with van der Waals surface area (Å²) in [5.41, 5.74) is 10.0. The van der Waals surface area contributed by atoms with Crippen LogP contribution in [0.25, 0.3) is 0 Å². The third-order valence-electron chi connectivity index (χ3n) is 4.80. The first-order chi connectivity index (χ1) is 11.3. The van der Waals surface area contributed by atoms with E-state index in [2.05, 4.69) is 50.4 Å². The molecule has 2 atom stereocenters. The van der Waals surface area contributed by atoms with Crippen LogP contribution in [-0.4, -0.2) is 11.9 Å². The van der Waals surface area contributed by atoms with Crippen LogP contribution >= 0.6 is 0 Å². The number of carbonyl (C=O) groups is 1. The minimum absolute atomic E-state index is 0.199. The first-order valence-corrected chi connectivity index (χ1v) is 8.57. The summed E-state index contributed by atoms with van der Waals surface area (Å²) in [5.74, 6) is 0.173. The molecule has 0 bridgehead atoms. The third kappa shape index (κ3) is 3.85. The lowest BCUT2D eigenvalue weighted by molar-refractivity contribution is 0.100. The van der Waals surface area contributed by atoms with Crippen LogP contribution in [0, 0.1) is 0 Å². The van der Waals surface area contributed by atoms with Gasteiger partial charge in [0, 0.05) is 24.1 Å². The van der Waals surface area contributed by atoms with Gasteiger partial charge in [-0.3, -0.25) is 4.79 Å². The molecule has 3 N–H and O–H groups in total. The van der Waals surface area contributed by atoms with Gasteiger partial charge in [0.25, 0.3) is 0 Å². The Morgan fingerprint density at radius 3 is 2.25 bits per heavy atom. The zero-order valence-electron chi connectivity index (χ0n) is 14.7. The number of benzene rings is 2. The maximum Gasteiger partial charge on any atom is 0.248 e. The van der Waals surface area contributed by atoms with E-state index in [1.54, 1.807) is 0 Å². The second-order valence-corrected chi connectivity index (χ2v) is 7.76. The van der Waals surface area contributed by atoms with Crippen LogP contribution in [0.2, 0.25) is 0 Å². The minimum atomic E-state index is -0.370. The largest absolute Gasteiger partial charge is 0.366 e. The molecule has 3 nitrogen and oxygen atoms in total. The van der Waals surface area contributed by atoms with E-state index >= 15 is 0 Å². The van der Waals surface area contributed by atoms with Gasteiger partial charge in [0.15, 0.2) is 0 Å². The quantitative estimate of drug-likeness (QED) is 0.881. The standard InChI is InChI=1S/C21H26N2O/c1-21(2,3)17-10-4-14(5-11-17)13-23-19-12-18(19)15-6-8-16(9-7-15)20(22)24/h4-11,18-19,23H,12-13H2,1-3H3,(H2,22,24). The van der Waals surface area contributed by atoms with Crippen molar-refractivity contribution in [3.8, 4) is 0 Å². The van der Waals surface area contributed by atoms with Gasteiger partial charge < -0.3 is 11.1 Å². The normalized spacial score (nSPS) is 20.0. The van der Waals surface area contributed by atoms with Crippen molar-refractivity contribution in [3.05, 3.63) is 70.8 Å². The smallest absolute Gasteiger partial charge is 0.248 e. The predicted molar refractivity (Wildman–Crippen MR) is 98.1 cm³/mol. The van der Waals surface area contributed by atoms with Crippen LogP contribution in [0.1, 0.15) is 60.2 Å². The van der Waals surface area contributed by atoms with Crippen LogP contribution in [0.3, 0.4) is 0 Å². The van der Waals surface area contributed by atoms with E-state index < -0.39 is 0 Å². The molecule has 0 aromatic heterocycles. The molecule has 0 aliphatic heterocycles.